The number of allylic oxidation sites excluding steroid dienone is 2. The number of esters is 2. The standard InChI is InChI=1S/C44H82NO12P/c1-6-8-10-11-12-13-14-15-16-17-18-19-24-28-42(48)53-35-38(36-55-58(51,52)54-33-32-45(3,4)5)56-43(49)29-25-21-20-23-27-39-40(47)34-44(50)57-41(39)31-30-37(46)26-22-9-7-2/h20,23,30-31,37-41,44,46-47,50H,6-19,21-22,24-29,32-36H2,1-5H3/p+1/b23-20-,31-30+. The van der Waals surface area contributed by atoms with Crippen molar-refractivity contribution in [3.8, 4) is 0 Å². The average Bonchev–Trinajstić information content (AvgIpc) is 3.15. The Labute approximate surface area is 351 Å². The molecule has 0 spiro atoms. The molecule has 1 rings (SSSR count). The van der Waals surface area contributed by atoms with Crippen LogP contribution in [0.15, 0.2) is 24.3 Å². The van der Waals surface area contributed by atoms with Crippen LogP contribution in [0.3, 0.4) is 0 Å². The van der Waals surface area contributed by atoms with Crippen LogP contribution in [-0.2, 0) is 37.4 Å². The van der Waals surface area contributed by atoms with Gasteiger partial charge < -0.3 is 38.9 Å². The van der Waals surface area contributed by atoms with Gasteiger partial charge in [-0.3, -0.25) is 18.6 Å². The van der Waals surface area contributed by atoms with E-state index in [2.05, 4.69) is 13.8 Å². The van der Waals surface area contributed by atoms with Crippen LogP contribution < -0.4 is 0 Å². The van der Waals surface area contributed by atoms with Crippen LogP contribution in [-0.4, -0.2) is 115 Å². The highest BCUT2D eigenvalue weighted by Gasteiger charge is 2.35. The lowest BCUT2D eigenvalue weighted by Crippen LogP contribution is -2.43. The molecule has 0 aromatic rings. The highest BCUT2D eigenvalue weighted by Crippen LogP contribution is 2.43. The molecule has 4 N–H and O–H groups in total. The monoisotopic (exact) mass is 849 g/mol. The predicted molar refractivity (Wildman–Crippen MR) is 228 cm³/mol. The lowest BCUT2D eigenvalue weighted by Gasteiger charge is -2.36. The van der Waals surface area contributed by atoms with Gasteiger partial charge in [0.15, 0.2) is 12.4 Å². The van der Waals surface area contributed by atoms with Gasteiger partial charge in [-0.25, -0.2) is 4.57 Å². The van der Waals surface area contributed by atoms with E-state index in [0.29, 0.717) is 43.1 Å². The van der Waals surface area contributed by atoms with Crippen LogP contribution in [0.5, 0.6) is 0 Å². The largest absolute Gasteiger partial charge is 0.472 e. The molecule has 13 nitrogen and oxygen atoms in total. The number of carbonyl (C=O) groups excluding carboxylic acids is 2. The van der Waals surface area contributed by atoms with Gasteiger partial charge in [0.2, 0.25) is 0 Å². The summed E-state index contributed by atoms with van der Waals surface area (Å²) < 4.78 is 39.9. The minimum Gasteiger partial charge on any atom is -0.462 e. The molecule has 0 aromatic heterocycles. The van der Waals surface area contributed by atoms with Gasteiger partial charge >= 0.3 is 19.8 Å². The van der Waals surface area contributed by atoms with E-state index in [0.717, 1.165) is 38.5 Å². The first kappa shape index (κ1) is 54.3. The van der Waals surface area contributed by atoms with E-state index < -0.39 is 57.1 Å². The van der Waals surface area contributed by atoms with Crippen molar-refractivity contribution in [2.75, 3.05) is 47.5 Å². The molecule has 1 aliphatic heterocycles. The minimum absolute atomic E-state index is 0.0162. The first-order chi connectivity index (χ1) is 27.7. The highest BCUT2D eigenvalue weighted by atomic mass is 31.2. The summed E-state index contributed by atoms with van der Waals surface area (Å²) >= 11 is 0. The zero-order chi connectivity index (χ0) is 43.1. The smallest absolute Gasteiger partial charge is 0.462 e. The maximum Gasteiger partial charge on any atom is 0.472 e. The molecule has 1 heterocycles. The second kappa shape index (κ2) is 33.0. The molecule has 340 valence electrons. The third-order valence-corrected chi connectivity index (χ3v) is 11.3. The normalized spacial score (nSPS) is 21.0. The number of carbonyl (C=O) groups is 2. The van der Waals surface area contributed by atoms with E-state index in [9.17, 15) is 34.4 Å². The molecule has 0 aliphatic carbocycles. The lowest BCUT2D eigenvalue weighted by atomic mass is 9.87. The number of nitrogens with zero attached hydrogens (tertiary/aromatic N) is 1. The number of hydrogen-bond acceptors (Lipinski definition) is 11. The van der Waals surface area contributed by atoms with Crippen molar-refractivity contribution in [2.45, 2.75) is 192 Å². The third kappa shape index (κ3) is 30.4. The van der Waals surface area contributed by atoms with Crippen LogP contribution in [0.4, 0.5) is 0 Å². The number of aliphatic hydroxyl groups excluding tert-OH is 3. The molecule has 0 aromatic carbocycles. The molecule has 1 saturated heterocycles. The molecule has 0 saturated carbocycles. The van der Waals surface area contributed by atoms with Gasteiger partial charge in [-0.1, -0.05) is 134 Å². The quantitative estimate of drug-likeness (QED) is 0.0156. The van der Waals surface area contributed by atoms with Crippen molar-refractivity contribution in [3.63, 3.8) is 0 Å². The van der Waals surface area contributed by atoms with Crippen LogP contribution >= 0.6 is 7.82 Å². The summed E-state index contributed by atoms with van der Waals surface area (Å²) in [6.07, 6.45) is 24.1. The number of likely N-dealkylation sites (N-methyl/N-ethyl adjacent to an activating group) is 1. The summed E-state index contributed by atoms with van der Waals surface area (Å²) in [4.78, 5) is 35.6. The predicted octanol–water partition coefficient (Wildman–Crippen LogP) is 8.46. The Hall–Kier alpha value is -1.67. The summed E-state index contributed by atoms with van der Waals surface area (Å²) in [5.74, 6) is -1.30. The second-order valence-corrected chi connectivity index (χ2v) is 18.4. The van der Waals surface area contributed by atoms with E-state index in [-0.39, 0.29) is 38.4 Å². The van der Waals surface area contributed by atoms with Crippen molar-refractivity contribution in [1.82, 2.24) is 0 Å². The number of quaternary nitrogens is 1. The van der Waals surface area contributed by atoms with Crippen LogP contribution in [0, 0.1) is 5.92 Å². The Bertz CT molecular complexity index is 1160. The number of phosphoric ester groups is 1. The molecule has 7 unspecified atom stereocenters. The second-order valence-electron chi connectivity index (χ2n) is 17.0. The van der Waals surface area contributed by atoms with Crippen molar-refractivity contribution in [2.24, 2.45) is 5.92 Å². The van der Waals surface area contributed by atoms with Gasteiger partial charge in [0.1, 0.15) is 19.8 Å². The molecule has 0 amide bonds. The van der Waals surface area contributed by atoms with E-state index >= 15 is 0 Å². The first-order valence-electron chi connectivity index (χ1n) is 22.5. The number of aliphatic hydroxyl groups is 3. The van der Waals surface area contributed by atoms with Gasteiger partial charge in [-0.2, -0.15) is 0 Å². The van der Waals surface area contributed by atoms with Crippen molar-refractivity contribution in [1.29, 1.82) is 0 Å². The Morgan fingerprint density at radius 1 is 0.793 bits per heavy atom. The van der Waals surface area contributed by atoms with Crippen LogP contribution in [0.25, 0.3) is 0 Å². The van der Waals surface area contributed by atoms with E-state index in [4.69, 9.17) is 23.3 Å². The summed E-state index contributed by atoms with van der Waals surface area (Å²) in [6.45, 7) is 4.00. The Morgan fingerprint density at radius 2 is 1.38 bits per heavy atom. The Balaban J connectivity index is 2.55. The summed E-state index contributed by atoms with van der Waals surface area (Å²) in [5.41, 5.74) is 0. The van der Waals surface area contributed by atoms with Gasteiger partial charge in [-0.05, 0) is 32.1 Å². The minimum atomic E-state index is -4.45. The Kier molecular flexibility index (Phi) is 30.9. The first-order valence-corrected chi connectivity index (χ1v) is 24.0. The zero-order valence-corrected chi connectivity index (χ0v) is 37.7. The number of unbranched alkanes of at least 4 members (excludes halogenated alkanes) is 15. The summed E-state index contributed by atoms with van der Waals surface area (Å²) in [7, 11) is 1.31. The molecule has 1 fully saturated rings. The molecular formula is C44H83NO12P+. The third-order valence-electron chi connectivity index (χ3n) is 10.3. The number of ether oxygens (including phenoxy) is 3. The molecular weight excluding hydrogens is 765 g/mol. The van der Waals surface area contributed by atoms with E-state index in [1.54, 1.807) is 12.2 Å². The highest BCUT2D eigenvalue weighted by molar-refractivity contribution is 7.47. The maximum atomic E-state index is 12.8. The van der Waals surface area contributed by atoms with Crippen LogP contribution in [0.1, 0.15) is 162 Å². The van der Waals surface area contributed by atoms with Gasteiger partial charge in [0, 0.05) is 25.2 Å². The van der Waals surface area contributed by atoms with Crippen LogP contribution in [0.2, 0.25) is 0 Å². The molecule has 1 aliphatic rings. The van der Waals surface area contributed by atoms with Crippen molar-refractivity contribution in [3.05, 3.63) is 24.3 Å². The number of rotatable bonds is 36. The topological polar surface area (TPSA) is 178 Å². The average molecular weight is 849 g/mol. The molecule has 58 heavy (non-hydrogen) atoms. The maximum absolute atomic E-state index is 12.8. The van der Waals surface area contributed by atoms with Crippen molar-refractivity contribution >= 4 is 19.8 Å². The van der Waals surface area contributed by atoms with Crippen molar-refractivity contribution < 1.29 is 62.1 Å². The summed E-state index contributed by atoms with van der Waals surface area (Å²) in [6, 6.07) is 0. The number of phosphoric acid groups is 1. The fourth-order valence-corrected chi connectivity index (χ4v) is 7.38. The molecule has 0 bridgehead atoms. The van der Waals surface area contributed by atoms with Gasteiger partial charge in [-0.15, -0.1) is 0 Å². The summed E-state index contributed by atoms with van der Waals surface area (Å²) in [5, 5.41) is 31.0. The molecule has 7 atom stereocenters. The number of hydrogen-bond donors (Lipinski definition) is 4. The lowest BCUT2D eigenvalue weighted by molar-refractivity contribution is -0.870. The molecule has 0 radical (unpaired) electrons. The van der Waals surface area contributed by atoms with E-state index in [1.807, 2.05) is 33.3 Å². The fourth-order valence-electron chi connectivity index (χ4n) is 6.64. The van der Waals surface area contributed by atoms with Gasteiger partial charge in [0.25, 0.3) is 0 Å². The molecule has 14 heteroatoms. The SMILES string of the molecule is CCCCCCCCCCCCCCCC(=O)OCC(COP(=O)(O)OCC[N+](C)(C)C)OC(=O)CCC/C=C\CC1C(O)CC(O)OC1/C=C/C(O)CCCCC. The zero-order valence-electron chi connectivity index (χ0n) is 36.8. The Morgan fingerprint density at radius 3 is 2.00 bits per heavy atom. The van der Waals surface area contributed by atoms with Gasteiger partial charge in [0.05, 0.1) is 46.1 Å². The van der Waals surface area contributed by atoms with E-state index in [1.165, 1.54) is 57.8 Å². The fraction of sp³-hybridized carbons (Fsp3) is 0.864.